The number of halogens is 1. The van der Waals surface area contributed by atoms with Crippen molar-refractivity contribution in [2.45, 2.75) is 13.8 Å². The minimum atomic E-state index is -0.373. The zero-order valence-electron chi connectivity index (χ0n) is 11.0. The summed E-state index contributed by atoms with van der Waals surface area (Å²) in [5.41, 5.74) is 0. The summed E-state index contributed by atoms with van der Waals surface area (Å²) in [5.74, 6) is 0.400. The lowest BCUT2D eigenvalue weighted by Crippen LogP contribution is -2.33. The minimum absolute atomic E-state index is 0.373. The lowest BCUT2D eigenvalue weighted by Gasteiger charge is -2.18. The molecule has 4 heteroatoms. The quantitative estimate of drug-likeness (QED) is 0.835. The van der Waals surface area contributed by atoms with Gasteiger partial charge >= 0.3 is 6.09 Å². The molecule has 0 saturated heterocycles. The Morgan fingerprint density at radius 3 is 2.32 bits per heavy atom. The Morgan fingerprint density at radius 2 is 1.74 bits per heavy atom. The van der Waals surface area contributed by atoms with E-state index >= 15 is 0 Å². The number of ether oxygens (including phenoxy) is 1. The highest BCUT2D eigenvalue weighted by molar-refractivity contribution is 6.33. The van der Waals surface area contributed by atoms with Gasteiger partial charge in [0, 0.05) is 13.1 Å². The van der Waals surface area contributed by atoms with Crippen molar-refractivity contribution in [1.82, 2.24) is 4.90 Å². The topological polar surface area (TPSA) is 29.5 Å². The SMILES string of the molecule is CCN(CC)C(=O)Oc1cc2ccccc2cc1Cl. The van der Waals surface area contributed by atoms with Crippen LogP contribution in [0.15, 0.2) is 36.4 Å². The monoisotopic (exact) mass is 277 g/mol. The Morgan fingerprint density at radius 1 is 1.16 bits per heavy atom. The van der Waals surface area contributed by atoms with E-state index in [4.69, 9.17) is 16.3 Å². The third-order valence-corrected chi connectivity index (χ3v) is 3.31. The van der Waals surface area contributed by atoms with Gasteiger partial charge in [0.25, 0.3) is 0 Å². The summed E-state index contributed by atoms with van der Waals surface area (Å²) in [6.45, 7) is 5.04. The molecule has 0 N–H and O–H groups in total. The summed E-state index contributed by atoms with van der Waals surface area (Å²) in [7, 11) is 0. The molecule has 19 heavy (non-hydrogen) atoms. The van der Waals surface area contributed by atoms with Crippen molar-refractivity contribution in [2.75, 3.05) is 13.1 Å². The maximum atomic E-state index is 11.9. The Bertz CT molecular complexity index is 594. The highest BCUT2D eigenvalue weighted by Crippen LogP contribution is 2.30. The summed E-state index contributed by atoms with van der Waals surface area (Å²) in [5, 5.41) is 2.46. The molecule has 0 spiro atoms. The maximum Gasteiger partial charge on any atom is 0.415 e. The second-order valence-electron chi connectivity index (χ2n) is 4.17. The van der Waals surface area contributed by atoms with Crippen LogP contribution in [0.1, 0.15) is 13.8 Å². The number of hydrogen-bond donors (Lipinski definition) is 0. The van der Waals surface area contributed by atoms with Gasteiger partial charge in [0.2, 0.25) is 0 Å². The highest BCUT2D eigenvalue weighted by atomic mass is 35.5. The number of fused-ring (bicyclic) bond motifs is 1. The first-order chi connectivity index (χ1) is 9.15. The van der Waals surface area contributed by atoms with Crippen molar-refractivity contribution < 1.29 is 9.53 Å². The molecule has 0 heterocycles. The van der Waals surface area contributed by atoms with E-state index in [-0.39, 0.29) is 6.09 Å². The van der Waals surface area contributed by atoms with Crippen molar-refractivity contribution in [2.24, 2.45) is 0 Å². The van der Waals surface area contributed by atoms with Crippen LogP contribution in [0.3, 0.4) is 0 Å². The summed E-state index contributed by atoms with van der Waals surface area (Å²) in [6, 6.07) is 11.4. The van der Waals surface area contributed by atoms with Crippen LogP contribution in [0.5, 0.6) is 5.75 Å². The molecule has 0 radical (unpaired) electrons. The van der Waals surface area contributed by atoms with Crippen molar-refractivity contribution in [1.29, 1.82) is 0 Å². The van der Waals surface area contributed by atoms with E-state index < -0.39 is 0 Å². The van der Waals surface area contributed by atoms with Crippen LogP contribution in [-0.4, -0.2) is 24.1 Å². The number of carbonyl (C=O) groups excluding carboxylic acids is 1. The molecule has 0 unspecified atom stereocenters. The van der Waals surface area contributed by atoms with Crippen LogP contribution in [-0.2, 0) is 0 Å². The Balaban J connectivity index is 2.30. The lowest BCUT2D eigenvalue weighted by atomic mass is 10.1. The summed E-state index contributed by atoms with van der Waals surface area (Å²) in [4.78, 5) is 13.5. The van der Waals surface area contributed by atoms with Crippen LogP contribution in [0, 0.1) is 0 Å². The van der Waals surface area contributed by atoms with Gasteiger partial charge in [-0.1, -0.05) is 35.9 Å². The van der Waals surface area contributed by atoms with Gasteiger partial charge in [0.05, 0.1) is 5.02 Å². The number of amides is 1. The normalized spacial score (nSPS) is 10.5. The highest BCUT2D eigenvalue weighted by Gasteiger charge is 2.14. The molecule has 0 aliphatic heterocycles. The predicted molar refractivity (Wildman–Crippen MR) is 77.9 cm³/mol. The first-order valence-corrected chi connectivity index (χ1v) is 6.68. The molecule has 2 aromatic rings. The number of rotatable bonds is 3. The largest absolute Gasteiger partial charge is 0.415 e. The van der Waals surface area contributed by atoms with Gasteiger partial charge in [-0.15, -0.1) is 0 Å². The standard InChI is InChI=1S/C15H16ClNO2/c1-3-17(4-2)15(18)19-14-10-12-8-6-5-7-11(12)9-13(14)16/h5-10H,3-4H2,1-2H3. The third kappa shape index (κ3) is 2.99. The average molecular weight is 278 g/mol. The fourth-order valence-electron chi connectivity index (χ4n) is 1.91. The Labute approximate surface area is 117 Å². The van der Waals surface area contributed by atoms with E-state index in [1.165, 1.54) is 0 Å². The first-order valence-electron chi connectivity index (χ1n) is 6.30. The van der Waals surface area contributed by atoms with E-state index in [2.05, 4.69) is 0 Å². The number of hydrogen-bond acceptors (Lipinski definition) is 2. The fourth-order valence-corrected chi connectivity index (χ4v) is 2.12. The molecular weight excluding hydrogens is 262 g/mol. The van der Waals surface area contributed by atoms with Gasteiger partial charge < -0.3 is 9.64 Å². The van der Waals surface area contributed by atoms with Gasteiger partial charge in [0.15, 0.2) is 5.75 Å². The first kappa shape index (κ1) is 13.7. The van der Waals surface area contributed by atoms with E-state index in [1.807, 2.05) is 44.2 Å². The van der Waals surface area contributed by atoms with Gasteiger partial charge in [-0.05, 0) is 36.8 Å². The van der Waals surface area contributed by atoms with Gasteiger partial charge in [0.1, 0.15) is 0 Å². The van der Waals surface area contributed by atoms with Crippen molar-refractivity contribution in [3.8, 4) is 5.75 Å². The van der Waals surface area contributed by atoms with Crippen molar-refractivity contribution >= 4 is 28.5 Å². The lowest BCUT2D eigenvalue weighted by molar-refractivity contribution is 0.157. The zero-order chi connectivity index (χ0) is 13.8. The fraction of sp³-hybridized carbons (Fsp3) is 0.267. The average Bonchev–Trinajstić information content (AvgIpc) is 2.41. The van der Waals surface area contributed by atoms with E-state index in [0.717, 1.165) is 10.8 Å². The van der Waals surface area contributed by atoms with Gasteiger partial charge in [-0.25, -0.2) is 4.79 Å². The van der Waals surface area contributed by atoms with Crippen molar-refractivity contribution in [3.63, 3.8) is 0 Å². The van der Waals surface area contributed by atoms with Crippen molar-refractivity contribution in [3.05, 3.63) is 41.4 Å². The van der Waals surface area contributed by atoms with E-state index in [9.17, 15) is 4.79 Å². The van der Waals surface area contributed by atoms with Crippen LogP contribution in [0.2, 0.25) is 5.02 Å². The molecule has 2 rings (SSSR count). The third-order valence-electron chi connectivity index (χ3n) is 3.02. The molecule has 1 amide bonds. The molecule has 0 atom stereocenters. The molecular formula is C15H16ClNO2. The van der Waals surface area contributed by atoms with E-state index in [0.29, 0.717) is 23.9 Å². The zero-order valence-corrected chi connectivity index (χ0v) is 11.8. The molecule has 100 valence electrons. The van der Waals surface area contributed by atoms with Gasteiger partial charge in [-0.3, -0.25) is 0 Å². The van der Waals surface area contributed by atoms with Crippen LogP contribution >= 0.6 is 11.6 Å². The number of carbonyl (C=O) groups is 1. The molecule has 0 fully saturated rings. The molecule has 0 aromatic heterocycles. The predicted octanol–water partition coefficient (Wildman–Crippen LogP) is 4.33. The summed E-state index contributed by atoms with van der Waals surface area (Å²) in [6.07, 6.45) is -0.373. The van der Waals surface area contributed by atoms with Crippen LogP contribution in [0.4, 0.5) is 4.79 Å². The molecule has 2 aromatic carbocycles. The maximum absolute atomic E-state index is 11.9. The minimum Gasteiger partial charge on any atom is -0.409 e. The summed E-state index contributed by atoms with van der Waals surface area (Å²) >= 11 is 6.14. The van der Waals surface area contributed by atoms with Crippen LogP contribution in [0.25, 0.3) is 10.8 Å². The molecule has 0 aliphatic carbocycles. The number of benzene rings is 2. The van der Waals surface area contributed by atoms with Crippen LogP contribution < -0.4 is 4.74 Å². The Kier molecular flexibility index (Phi) is 4.27. The summed E-state index contributed by atoms with van der Waals surface area (Å²) < 4.78 is 5.35. The second kappa shape index (κ2) is 5.93. The van der Waals surface area contributed by atoms with E-state index in [1.54, 1.807) is 11.0 Å². The molecule has 0 bridgehead atoms. The van der Waals surface area contributed by atoms with Gasteiger partial charge in [-0.2, -0.15) is 0 Å². The molecule has 0 saturated carbocycles. The molecule has 3 nitrogen and oxygen atoms in total. The number of nitrogens with zero attached hydrogens (tertiary/aromatic N) is 1. The molecule has 0 aliphatic rings. The Hall–Kier alpha value is -1.74. The smallest absolute Gasteiger partial charge is 0.409 e. The second-order valence-corrected chi connectivity index (χ2v) is 4.58.